The van der Waals surface area contributed by atoms with Crippen molar-refractivity contribution < 1.29 is 0 Å². The molecule has 2 aromatic heterocycles. The third-order valence-electron chi connectivity index (χ3n) is 3.19. The van der Waals surface area contributed by atoms with Gasteiger partial charge in [-0.15, -0.1) is 15.3 Å². The molecular formula is C12H17N7S. The number of hydrogen-bond donors (Lipinski definition) is 2. The van der Waals surface area contributed by atoms with Crippen LogP contribution in [0.5, 0.6) is 0 Å². The number of thiocarbonyl (C=S) groups is 1. The molecule has 0 saturated carbocycles. The predicted octanol–water partition coefficient (Wildman–Crippen LogP) is 1.03. The zero-order valence-electron chi connectivity index (χ0n) is 11.9. The lowest BCUT2D eigenvalue weighted by Gasteiger charge is -2.17. The Labute approximate surface area is 122 Å². The van der Waals surface area contributed by atoms with E-state index in [0.29, 0.717) is 10.8 Å². The lowest BCUT2D eigenvalue weighted by molar-refractivity contribution is 0.713. The lowest BCUT2D eigenvalue weighted by atomic mass is 10.1. The number of rotatable bonds is 4. The molecule has 8 heteroatoms. The highest BCUT2D eigenvalue weighted by Crippen LogP contribution is 2.22. The average Bonchev–Trinajstić information content (AvgIpc) is 2.80. The first kappa shape index (κ1) is 14.3. The highest BCUT2D eigenvalue weighted by atomic mass is 32.1. The first-order valence-electron chi connectivity index (χ1n) is 6.16. The molecular weight excluding hydrogens is 274 g/mol. The summed E-state index contributed by atoms with van der Waals surface area (Å²) in [5, 5.41) is 19.4. The number of aryl methyl sites for hydroxylation is 2. The van der Waals surface area contributed by atoms with E-state index in [2.05, 4.69) is 25.7 Å². The number of aromatic nitrogens is 5. The molecule has 1 atom stereocenters. The van der Waals surface area contributed by atoms with Crippen LogP contribution < -0.4 is 11.1 Å². The summed E-state index contributed by atoms with van der Waals surface area (Å²) in [6.45, 7) is 5.76. The summed E-state index contributed by atoms with van der Waals surface area (Å²) in [6.07, 6.45) is 1.65. The smallest absolute Gasteiger partial charge is 0.159 e. The van der Waals surface area contributed by atoms with Gasteiger partial charge in [0.15, 0.2) is 11.6 Å². The maximum Gasteiger partial charge on any atom is 0.159 e. The molecule has 0 radical (unpaired) electrons. The van der Waals surface area contributed by atoms with Crippen molar-refractivity contribution in [2.45, 2.75) is 26.8 Å². The van der Waals surface area contributed by atoms with Crippen LogP contribution in [-0.2, 0) is 7.05 Å². The summed E-state index contributed by atoms with van der Waals surface area (Å²) >= 11 is 5.11. The zero-order chi connectivity index (χ0) is 14.9. The summed E-state index contributed by atoms with van der Waals surface area (Å²) < 4.78 is 1.84. The van der Waals surface area contributed by atoms with Crippen molar-refractivity contribution in [3.8, 4) is 0 Å². The topological polar surface area (TPSA) is 94.5 Å². The predicted molar refractivity (Wildman–Crippen MR) is 80.4 cm³/mol. The van der Waals surface area contributed by atoms with E-state index in [1.165, 1.54) is 0 Å². The van der Waals surface area contributed by atoms with E-state index in [-0.39, 0.29) is 6.04 Å². The van der Waals surface area contributed by atoms with Crippen molar-refractivity contribution in [2.24, 2.45) is 12.8 Å². The number of anilines is 1. The second-order valence-corrected chi connectivity index (χ2v) is 5.10. The molecule has 20 heavy (non-hydrogen) atoms. The van der Waals surface area contributed by atoms with Crippen molar-refractivity contribution >= 4 is 23.0 Å². The van der Waals surface area contributed by atoms with Gasteiger partial charge < -0.3 is 15.6 Å². The Kier molecular flexibility index (Phi) is 3.93. The van der Waals surface area contributed by atoms with Gasteiger partial charge in [-0.05, 0) is 26.3 Å². The minimum atomic E-state index is -0.0907. The van der Waals surface area contributed by atoms with Crippen molar-refractivity contribution in [3.05, 3.63) is 29.0 Å². The van der Waals surface area contributed by atoms with Gasteiger partial charge in [-0.1, -0.05) is 12.2 Å². The summed E-state index contributed by atoms with van der Waals surface area (Å²) in [4.78, 5) is 0.299. The van der Waals surface area contributed by atoms with Gasteiger partial charge in [0.25, 0.3) is 0 Å². The average molecular weight is 291 g/mol. The fraction of sp³-hybridized carbons (Fsp3) is 0.417. The molecule has 0 saturated heterocycles. The Morgan fingerprint density at radius 3 is 2.60 bits per heavy atom. The molecule has 2 heterocycles. The Morgan fingerprint density at radius 1 is 1.35 bits per heavy atom. The lowest BCUT2D eigenvalue weighted by Crippen LogP contribution is -2.20. The van der Waals surface area contributed by atoms with Crippen molar-refractivity contribution in [2.75, 3.05) is 5.32 Å². The van der Waals surface area contributed by atoms with Crippen molar-refractivity contribution in [1.82, 2.24) is 25.0 Å². The SMILES string of the molecule is Cc1nnc(NC(C)c2nncn2C)c(C(N)=S)c1C. The van der Waals surface area contributed by atoms with E-state index >= 15 is 0 Å². The Hall–Kier alpha value is -2.09. The van der Waals surface area contributed by atoms with E-state index in [9.17, 15) is 0 Å². The quantitative estimate of drug-likeness (QED) is 0.812. The fourth-order valence-corrected chi connectivity index (χ4v) is 2.21. The van der Waals surface area contributed by atoms with Crippen LogP contribution in [0, 0.1) is 13.8 Å². The van der Waals surface area contributed by atoms with E-state index in [0.717, 1.165) is 22.6 Å². The molecule has 0 bridgehead atoms. The van der Waals surface area contributed by atoms with Crippen LogP contribution in [0.15, 0.2) is 6.33 Å². The summed E-state index contributed by atoms with van der Waals surface area (Å²) in [7, 11) is 1.88. The van der Waals surface area contributed by atoms with Crippen LogP contribution in [0.4, 0.5) is 5.82 Å². The largest absolute Gasteiger partial charge is 0.389 e. The van der Waals surface area contributed by atoms with Gasteiger partial charge >= 0.3 is 0 Å². The monoisotopic (exact) mass is 291 g/mol. The van der Waals surface area contributed by atoms with Gasteiger partial charge in [-0.25, -0.2) is 0 Å². The number of hydrogen-bond acceptors (Lipinski definition) is 6. The molecule has 106 valence electrons. The number of nitrogens with zero attached hydrogens (tertiary/aromatic N) is 5. The van der Waals surface area contributed by atoms with E-state index in [4.69, 9.17) is 18.0 Å². The molecule has 0 spiro atoms. The second-order valence-electron chi connectivity index (χ2n) is 4.66. The molecule has 2 aromatic rings. The Balaban J connectivity index is 2.37. The molecule has 2 rings (SSSR count). The molecule has 3 N–H and O–H groups in total. The highest BCUT2D eigenvalue weighted by Gasteiger charge is 2.18. The first-order valence-corrected chi connectivity index (χ1v) is 6.56. The Bertz CT molecular complexity index is 649. The summed E-state index contributed by atoms with van der Waals surface area (Å²) in [5.41, 5.74) is 8.26. The molecule has 0 fully saturated rings. The third-order valence-corrected chi connectivity index (χ3v) is 3.39. The standard InChI is InChI=1S/C12H17N7S/c1-6-7(2)16-17-11(9(6)10(13)20)15-8(3)12-18-14-5-19(12)4/h5,8H,1-4H3,(H2,13,20)(H,15,17). The number of nitrogens with two attached hydrogens (primary N) is 1. The van der Waals surface area contributed by atoms with Crippen molar-refractivity contribution in [3.63, 3.8) is 0 Å². The minimum Gasteiger partial charge on any atom is -0.389 e. The molecule has 0 aliphatic rings. The Morgan fingerprint density at radius 2 is 2.05 bits per heavy atom. The van der Waals surface area contributed by atoms with Gasteiger partial charge in [-0.2, -0.15) is 5.10 Å². The van der Waals surface area contributed by atoms with Crippen LogP contribution in [0.3, 0.4) is 0 Å². The van der Waals surface area contributed by atoms with Gasteiger partial charge in [0.2, 0.25) is 0 Å². The van der Waals surface area contributed by atoms with Crippen LogP contribution in [0.1, 0.15) is 35.6 Å². The van der Waals surface area contributed by atoms with Crippen LogP contribution in [-0.4, -0.2) is 30.0 Å². The molecule has 0 aliphatic carbocycles. The van der Waals surface area contributed by atoms with Gasteiger partial charge in [-0.3, -0.25) is 0 Å². The fourth-order valence-electron chi connectivity index (χ4n) is 1.96. The maximum atomic E-state index is 5.80. The van der Waals surface area contributed by atoms with E-state index in [1.54, 1.807) is 6.33 Å². The van der Waals surface area contributed by atoms with Gasteiger partial charge in [0.1, 0.15) is 11.3 Å². The second kappa shape index (κ2) is 5.49. The zero-order valence-corrected chi connectivity index (χ0v) is 12.7. The summed E-state index contributed by atoms with van der Waals surface area (Å²) in [5.74, 6) is 1.36. The summed E-state index contributed by atoms with van der Waals surface area (Å²) in [6, 6.07) is -0.0907. The normalized spacial score (nSPS) is 12.2. The molecule has 0 amide bonds. The van der Waals surface area contributed by atoms with Gasteiger partial charge in [0, 0.05) is 7.05 Å². The third kappa shape index (κ3) is 2.60. The molecule has 0 aliphatic heterocycles. The van der Waals surface area contributed by atoms with Crippen LogP contribution in [0.25, 0.3) is 0 Å². The minimum absolute atomic E-state index is 0.0907. The van der Waals surface area contributed by atoms with Crippen LogP contribution in [0.2, 0.25) is 0 Å². The van der Waals surface area contributed by atoms with E-state index in [1.807, 2.05) is 32.4 Å². The first-order chi connectivity index (χ1) is 9.41. The molecule has 0 aromatic carbocycles. The molecule has 1 unspecified atom stereocenters. The number of nitrogens with one attached hydrogen (secondary N) is 1. The van der Waals surface area contributed by atoms with Crippen molar-refractivity contribution in [1.29, 1.82) is 0 Å². The van der Waals surface area contributed by atoms with Gasteiger partial charge in [0.05, 0.1) is 17.3 Å². The highest BCUT2D eigenvalue weighted by molar-refractivity contribution is 7.80. The maximum absolute atomic E-state index is 5.80. The van der Waals surface area contributed by atoms with Crippen LogP contribution >= 0.6 is 12.2 Å². The molecule has 7 nitrogen and oxygen atoms in total. The van der Waals surface area contributed by atoms with E-state index < -0.39 is 0 Å².